The lowest BCUT2D eigenvalue weighted by Gasteiger charge is -2.22. The van der Waals surface area contributed by atoms with Crippen LogP contribution in [0.3, 0.4) is 0 Å². The maximum absolute atomic E-state index is 12.7. The predicted octanol–water partition coefficient (Wildman–Crippen LogP) is 3.34. The molecule has 1 saturated heterocycles. The van der Waals surface area contributed by atoms with Gasteiger partial charge in [0.15, 0.2) is 0 Å². The maximum Gasteiger partial charge on any atom is 0.253 e. The fourth-order valence-corrected chi connectivity index (χ4v) is 4.19. The van der Waals surface area contributed by atoms with Crippen LogP contribution in [0, 0.1) is 11.8 Å². The molecule has 3 aliphatic rings. The summed E-state index contributed by atoms with van der Waals surface area (Å²) in [5.74, 6) is 1.78. The van der Waals surface area contributed by atoms with Crippen LogP contribution in [0.25, 0.3) is 0 Å². The van der Waals surface area contributed by atoms with Gasteiger partial charge in [-0.1, -0.05) is 12.8 Å². The monoisotopic (exact) mass is 306 g/mol. The number of amides is 1. The molecule has 3 nitrogen and oxygen atoms in total. The molecule has 1 aromatic carbocycles. The third-order valence-electron chi connectivity index (χ3n) is 5.33. The van der Waals surface area contributed by atoms with Crippen molar-refractivity contribution in [3.05, 3.63) is 29.3 Å². The third kappa shape index (κ3) is 2.64. The molecule has 2 atom stereocenters. The largest absolute Gasteiger partial charge is 0.384 e. The average molecular weight is 307 g/mol. The minimum Gasteiger partial charge on any atom is -0.384 e. The Kier molecular flexibility index (Phi) is 4.12. The van der Waals surface area contributed by atoms with Crippen molar-refractivity contribution in [1.29, 1.82) is 0 Å². The summed E-state index contributed by atoms with van der Waals surface area (Å²) in [5.41, 5.74) is 3.38. The van der Waals surface area contributed by atoms with E-state index in [0.29, 0.717) is 0 Å². The molecule has 1 aliphatic carbocycles. The van der Waals surface area contributed by atoms with Gasteiger partial charge in [0.1, 0.15) is 0 Å². The summed E-state index contributed by atoms with van der Waals surface area (Å²) in [6, 6.07) is 6.15. The third-order valence-corrected chi connectivity index (χ3v) is 5.33. The van der Waals surface area contributed by atoms with Gasteiger partial charge in [0.2, 0.25) is 0 Å². The molecule has 2 heterocycles. The van der Waals surface area contributed by atoms with Crippen molar-refractivity contribution in [2.24, 2.45) is 11.8 Å². The van der Waals surface area contributed by atoms with E-state index in [1.165, 1.54) is 36.9 Å². The molecule has 0 bridgehead atoms. The van der Waals surface area contributed by atoms with Gasteiger partial charge in [0, 0.05) is 30.9 Å². The van der Waals surface area contributed by atoms with Crippen LogP contribution in [0.4, 0.5) is 5.69 Å². The van der Waals surface area contributed by atoms with Crippen LogP contribution < -0.4 is 5.32 Å². The highest BCUT2D eigenvalue weighted by Gasteiger charge is 2.36. The summed E-state index contributed by atoms with van der Waals surface area (Å²) in [4.78, 5) is 14.8. The molecule has 0 radical (unpaired) electrons. The Morgan fingerprint density at radius 2 is 1.86 bits per heavy atom. The first kappa shape index (κ1) is 14.7. The Hall–Kier alpha value is -1.22. The van der Waals surface area contributed by atoms with E-state index in [1.807, 2.05) is 6.07 Å². The fourth-order valence-electron chi connectivity index (χ4n) is 4.19. The molecular formula is C17H23ClN2O. The van der Waals surface area contributed by atoms with Gasteiger partial charge in [-0.2, -0.15) is 0 Å². The van der Waals surface area contributed by atoms with Gasteiger partial charge < -0.3 is 10.2 Å². The second-order valence-corrected chi connectivity index (χ2v) is 6.56. The normalized spacial score (nSPS) is 26.6. The number of anilines is 1. The summed E-state index contributed by atoms with van der Waals surface area (Å²) in [6.07, 6.45) is 6.40. The van der Waals surface area contributed by atoms with Crippen molar-refractivity contribution in [3.8, 4) is 0 Å². The average Bonchev–Trinajstić information content (AvgIpc) is 3.11. The van der Waals surface area contributed by atoms with Gasteiger partial charge in [0.05, 0.1) is 0 Å². The number of hydrogen-bond acceptors (Lipinski definition) is 2. The number of nitrogens with zero attached hydrogens (tertiary/aromatic N) is 1. The molecule has 21 heavy (non-hydrogen) atoms. The highest BCUT2D eigenvalue weighted by atomic mass is 35.5. The predicted molar refractivity (Wildman–Crippen MR) is 87.2 cm³/mol. The lowest BCUT2D eigenvalue weighted by atomic mass is 9.82. The Balaban J connectivity index is 0.00000132. The second kappa shape index (κ2) is 5.88. The Labute approximate surface area is 132 Å². The number of carbonyl (C=O) groups excluding carboxylic acids is 1. The Morgan fingerprint density at radius 1 is 1.14 bits per heavy atom. The minimum atomic E-state index is 0. The molecule has 1 aromatic rings. The molecule has 1 N–H and O–H groups in total. The number of nitrogens with one attached hydrogen (secondary N) is 1. The minimum absolute atomic E-state index is 0. The molecule has 2 unspecified atom stereocenters. The number of likely N-dealkylation sites (tertiary alicyclic amines) is 1. The van der Waals surface area contributed by atoms with Crippen molar-refractivity contribution < 1.29 is 4.79 Å². The number of carbonyl (C=O) groups is 1. The van der Waals surface area contributed by atoms with E-state index in [0.717, 1.165) is 43.5 Å². The van der Waals surface area contributed by atoms with Crippen LogP contribution in [0.1, 0.15) is 41.6 Å². The zero-order valence-electron chi connectivity index (χ0n) is 12.3. The van der Waals surface area contributed by atoms with Crippen LogP contribution in [0.5, 0.6) is 0 Å². The summed E-state index contributed by atoms with van der Waals surface area (Å²) < 4.78 is 0. The van der Waals surface area contributed by atoms with E-state index in [1.54, 1.807) is 0 Å². The number of benzene rings is 1. The van der Waals surface area contributed by atoms with Crippen molar-refractivity contribution >= 4 is 24.0 Å². The summed E-state index contributed by atoms with van der Waals surface area (Å²) >= 11 is 0. The lowest BCUT2D eigenvalue weighted by Crippen LogP contribution is -2.29. The molecule has 2 aliphatic heterocycles. The first-order valence-corrected chi connectivity index (χ1v) is 7.97. The lowest BCUT2D eigenvalue weighted by molar-refractivity contribution is 0.0784. The van der Waals surface area contributed by atoms with Gasteiger partial charge in [0.25, 0.3) is 5.91 Å². The number of fused-ring (bicyclic) bond motifs is 2. The van der Waals surface area contributed by atoms with Crippen molar-refractivity contribution in [2.45, 2.75) is 32.1 Å². The van der Waals surface area contributed by atoms with Crippen LogP contribution >= 0.6 is 12.4 Å². The molecule has 4 rings (SSSR count). The fraction of sp³-hybridized carbons (Fsp3) is 0.588. The van der Waals surface area contributed by atoms with Crippen molar-refractivity contribution in [1.82, 2.24) is 4.90 Å². The van der Waals surface area contributed by atoms with Gasteiger partial charge in [-0.15, -0.1) is 12.4 Å². The summed E-state index contributed by atoms with van der Waals surface area (Å²) in [6.45, 7) is 2.97. The quantitative estimate of drug-likeness (QED) is 0.863. The Bertz CT molecular complexity index is 532. The van der Waals surface area contributed by atoms with E-state index >= 15 is 0 Å². The molecule has 4 heteroatoms. The standard InChI is InChI=1S/C17H22N2O.ClH/c20-17(13-5-6-16-12(9-13)7-8-18-16)19-10-14-3-1-2-4-15(14)11-19;/h5-6,9,14-15,18H,1-4,7-8,10-11H2;1H. The van der Waals surface area contributed by atoms with Gasteiger partial charge in [-0.3, -0.25) is 4.79 Å². The van der Waals surface area contributed by atoms with Crippen LogP contribution in [0.15, 0.2) is 18.2 Å². The zero-order chi connectivity index (χ0) is 13.5. The maximum atomic E-state index is 12.7. The van der Waals surface area contributed by atoms with Crippen LogP contribution in [0.2, 0.25) is 0 Å². The SMILES string of the molecule is Cl.O=C(c1ccc2c(c1)CCN2)N1CC2CCCCC2C1. The van der Waals surface area contributed by atoms with Gasteiger partial charge in [-0.05, 0) is 54.9 Å². The second-order valence-electron chi connectivity index (χ2n) is 6.56. The van der Waals surface area contributed by atoms with E-state index in [2.05, 4.69) is 22.3 Å². The van der Waals surface area contributed by atoms with Crippen molar-refractivity contribution in [2.75, 3.05) is 25.0 Å². The van der Waals surface area contributed by atoms with E-state index in [-0.39, 0.29) is 18.3 Å². The highest BCUT2D eigenvalue weighted by Crippen LogP contribution is 2.36. The smallest absolute Gasteiger partial charge is 0.253 e. The molecule has 114 valence electrons. The molecule has 1 saturated carbocycles. The molecule has 0 spiro atoms. The number of hydrogen-bond donors (Lipinski definition) is 1. The first-order chi connectivity index (χ1) is 9.81. The first-order valence-electron chi connectivity index (χ1n) is 7.97. The highest BCUT2D eigenvalue weighted by molar-refractivity contribution is 5.95. The topological polar surface area (TPSA) is 32.3 Å². The van der Waals surface area contributed by atoms with Crippen LogP contribution in [-0.2, 0) is 6.42 Å². The van der Waals surface area contributed by atoms with Gasteiger partial charge >= 0.3 is 0 Å². The van der Waals surface area contributed by atoms with Crippen LogP contribution in [-0.4, -0.2) is 30.4 Å². The number of rotatable bonds is 1. The molecular weight excluding hydrogens is 284 g/mol. The van der Waals surface area contributed by atoms with E-state index in [9.17, 15) is 4.79 Å². The zero-order valence-corrected chi connectivity index (χ0v) is 13.1. The Morgan fingerprint density at radius 3 is 2.57 bits per heavy atom. The van der Waals surface area contributed by atoms with Gasteiger partial charge in [-0.25, -0.2) is 0 Å². The van der Waals surface area contributed by atoms with Crippen molar-refractivity contribution in [3.63, 3.8) is 0 Å². The summed E-state index contributed by atoms with van der Waals surface area (Å²) in [5, 5.41) is 3.35. The molecule has 2 fully saturated rings. The number of halogens is 1. The van der Waals surface area contributed by atoms with E-state index < -0.39 is 0 Å². The molecule has 1 amide bonds. The van der Waals surface area contributed by atoms with E-state index in [4.69, 9.17) is 0 Å². The molecule has 0 aromatic heterocycles. The summed E-state index contributed by atoms with van der Waals surface area (Å²) in [7, 11) is 0.